The Morgan fingerprint density at radius 1 is 1.08 bits per heavy atom. The Kier molecular flexibility index (Phi) is 7.15. The van der Waals surface area contributed by atoms with Crippen LogP contribution in [0, 0.1) is 0 Å². The molecule has 0 aromatic heterocycles. The van der Waals surface area contributed by atoms with Crippen LogP contribution in [-0.4, -0.2) is 42.6 Å². The zero-order valence-electron chi connectivity index (χ0n) is 15.5. The molecular formula is C20H32ClNO3. The summed E-state index contributed by atoms with van der Waals surface area (Å²) in [6.45, 7) is 4.75. The van der Waals surface area contributed by atoms with Gasteiger partial charge in [0.15, 0.2) is 5.79 Å². The Morgan fingerprint density at radius 2 is 1.76 bits per heavy atom. The first-order valence-corrected chi connectivity index (χ1v) is 9.39. The second kappa shape index (κ2) is 8.72. The number of ether oxygens (including phenoxy) is 2. The molecule has 0 bridgehead atoms. The molecule has 142 valence electrons. The Hall–Kier alpha value is -0.810. The Balaban J connectivity index is 0.00000225. The number of halogens is 1. The van der Waals surface area contributed by atoms with Gasteiger partial charge in [-0.25, -0.2) is 0 Å². The van der Waals surface area contributed by atoms with Gasteiger partial charge in [0, 0.05) is 18.4 Å². The van der Waals surface area contributed by atoms with E-state index in [1.807, 2.05) is 12.1 Å². The van der Waals surface area contributed by atoms with E-state index in [1.165, 1.54) is 24.8 Å². The summed E-state index contributed by atoms with van der Waals surface area (Å²) < 4.78 is 11.8. The quantitative estimate of drug-likeness (QED) is 0.752. The number of phenolic OH excluding ortho intramolecular Hbond substituents is 1. The third-order valence-electron chi connectivity index (χ3n) is 5.86. The molecule has 0 radical (unpaired) electrons. The molecule has 0 unspecified atom stereocenters. The van der Waals surface area contributed by atoms with Crippen LogP contribution in [0.4, 0.5) is 0 Å². The van der Waals surface area contributed by atoms with Crippen LogP contribution in [0.3, 0.4) is 0 Å². The molecule has 1 saturated heterocycles. The van der Waals surface area contributed by atoms with Gasteiger partial charge in [0.05, 0.1) is 13.2 Å². The van der Waals surface area contributed by atoms with E-state index in [0.29, 0.717) is 19.0 Å². The molecule has 1 heterocycles. The monoisotopic (exact) mass is 369 g/mol. The molecule has 25 heavy (non-hydrogen) atoms. The summed E-state index contributed by atoms with van der Waals surface area (Å²) in [5.74, 6) is -0.00704. The highest BCUT2D eigenvalue weighted by atomic mass is 35.5. The lowest BCUT2D eigenvalue weighted by molar-refractivity contribution is -0.194. The highest BCUT2D eigenvalue weighted by Crippen LogP contribution is 2.48. The summed E-state index contributed by atoms with van der Waals surface area (Å²) >= 11 is 0. The van der Waals surface area contributed by atoms with Crippen molar-refractivity contribution in [3.63, 3.8) is 0 Å². The van der Waals surface area contributed by atoms with Crippen molar-refractivity contribution in [1.82, 2.24) is 4.90 Å². The summed E-state index contributed by atoms with van der Waals surface area (Å²) in [4.78, 5) is 2.50. The average Bonchev–Trinajstić information content (AvgIpc) is 3.04. The Morgan fingerprint density at radius 3 is 2.36 bits per heavy atom. The molecule has 1 N–H and O–H groups in total. The van der Waals surface area contributed by atoms with Gasteiger partial charge in [0.25, 0.3) is 0 Å². The van der Waals surface area contributed by atoms with E-state index >= 15 is 0 Å². The number of hydrogen-bond donors (Lipinski definition) is 1. The molecular weight excluding hydrogens is 338 g/mol. The second-order valence-corrected chi connectivity index (χ2v) is 7.32. The van der Waals surface area contributed by atoms with Crippen LogP contribution in [-0.2, 0) is 15.0 Å². The van der Waals surface area contributed by atoms with Gasteiger partial charge < -0.3 is 14.6 Å². The minimum Gasteiger partial charge on any atom is -0.508 e. The summed E-state index contributed by atoms with van der Waals surface area (Å²) in [6, 6.07) is 7.80. The smallest absolute Gasteiger partial charge is 0.168 e. The molecule has 2 fully saturated rings. The molecule has 1 spiro atoms. The van der Waals surface area contributed by atoms with Crippen molar-refractivity contribution in [2.24, 2.45) is 0 Å². The van der Waals surface area contributed by atoms with Gasteiger partial charge in [-0.1, -0.05) is 31.9 Å². The van der Waals surface area contributed by atoms with Crippen molar-refractivity contribution in [1.29, 1.82) is 0 Å². The zero-order valence-corrected chi connectivity index (χ0v) is 16.3. The predicted octanol–water partition coefficient (Wildman–Crippen LogP) is 4.45. The summed E-state index contributed by atoms with van der Waals surface area (Å²) in [5.41, 5.74) is 1.18. The maximum absolute atomic E-state index is 9.99. The lowest BCUT2D eigenvalue weighted by atomic mass is 9.73. The fourth-order valence-electron chi connectivity index (χ4n) is 4.33. The fraction of sp³-hybridized carbons (Fsp3) is 0.700. The number of nitrogens with zero attached hydrogens (tertiary/aromatic N) is 1. The second-order valence-electron chi connectivity index (χ2n) is 7.32. The van der Waals surface area contributed by atoms with Crippen LogP contribution in [0.2, 0.25) is 0 Å². The van der Waals surface area contributed by atoms with Gasteiger partial charge in [-0.2, -0.15) is 0 Å². The Bertz CT molecular complexity index is 535. The third kappa shape index (κ3) is 4.30. The van der Waals surface area contributed by atoms with E-state index in [2.05, 4.69) is 24.9 Å². The fourth-order valence-corrected chi connectivity index (χ4v) is 4.33. The van der Waals surface area contributed by atoms with Crippen LogP contribution < -0.4 is 0 Å². The molecule has 5 heteroatoms. The maximum atomic E-state index is 9.99. The van der Waals surface area contributed by atoms with E-state index in [0.717, 1.165) is 32.2 Å². The van der Waals surface area contributed by atoms with Gasteiger partial charge in [-0.05, 0) is 50.6 Å². The standard InChI is InChI=1S/C20H31NO3.ClH/c1-3-4-5-13-21(2)19(17-7-6-8-18(22)16-17)9-11-20(12-10-19)23-14-15-24-20;/h6-8,16,22H,3-5,9-15H2,1-2H3;1H. The van der Waals surface area contributed by atoms with E-state index in [4.69, 9.17) is 9.47 Å². The van der Waals surface area contributed by atoms with E-state index in [1.54, 1.807) is 6.07 Å². The van der Waals surface area contributed by atoms with E-state index in [-0.39, 0.29) is 23.7 Å². The summed E-state index contributed by atoms with van der Waals surface area (Å²) in [5, 5.41) is 9.99. The molecule has 1 aliphatic heterocycles. The van der Waals surface area contributed by atoms with Crippen LogP contribution >= 0.6 is 12.4 Å². The van der Waals surface area contributed by atoms with Crippen molar-refractivity contribution >= 4 is 12.4 Å². The maximum Gasteiger partial charge on any atom is 0.168 e. The van der Waals surface area contributed by atoms with Gasteiger partial charge in [-0.15, -0.1) is 12.4 Å². The van der Waals surface area contributed by atoms with Crippen molar-refractivity contribution in [2.75, 3.05) is 26.8 Å². The van der Waals surface area contributed by atoms with Crippen molar-refractivity contribution in [3.8, 4) is 5.75 Å². The molecule has 1 aliphatic carbocycles. The largest absolute Gasteiger partial charge is 0.508 e. The first-order chi connectivity index (χ1) is 11.6. The predicted molar refractivity (Wildman–Crippen MR) is 102 cm³/mol. The van der Waals surface area contributed by atoms with Crippen molar-refractivity contribution in [2.45, 2.75) is 63.2 Å². The summed E-state index contributed by atoms with van der Waals surface area (Å²) in [7, 11) is 2.23. The number of hydrogen-bond acceptors (Lipinski definition) is 4. The highest BCUT2D eigenvalue weighted by molar-refractivity contribution is 5.85. The summed E-state index contributed by atoms with van der Waals surface area (Å²) in [6.07, 6.45) is 7.54. The third-order valence-corrected chi connectivity index (χ3v) is 5.86. The van der Waals surface area contributed by atoms with E-state index < -0.39 is 0 Å². The zero-order chi connectivity index (χ0) is 17.0. The molecule has 3 rings (SSSR count). The lowest BCUT2D eigenvalue weighted by Gasteiger charge is -2.49. The topological polar surface area (TPSA) is 41.9 Å². The number of unbranched alkanes of at least 4 members (excludes halogenated alkanes) is 2. The minimum atomic E-state index is -0.357. The number of benzene rings is 1. The van der Waals surface area contributed by atoms with Crippen LogP contribution in [0.25, 0.3) is 0 Å². The molecule has 1 saturated carbocycles. The number of phenols is 1. The number of aromatic hydroxyl groups is 1. The molecule has 2 aliphatic rings. The van der Waals surface area contributed by atoms with Crippen molar-refractivity contribution < 1.29 is 14.6 Å². The normalized spacial score (nSPS) is 21.4. The number of rotatable bonds is 6. The average molecular weight is 370 g/mol. The highest BCUT2D eigenvalue weighted by Gasteiger charge is 2.48. The Labute approximate surface area is 157 Å². The van der Waals surface area contributed by atoms with Crippen LogP contribution in [0.1, 0.15) is 57.4 Å². The van der Waals surface area contributed by atoms with Gasteiger partial charge in [0.2, 0.25) is 0 Å². The SMILES string of the molecule is CCCCCN(C)C1(c2cccc(O)c2)CCC2(CC1)OCCO2.Cl. The molecule has 4 nitrogen and oxygen atoms in total. The molecule has 1 aromatic carbocycles. The van der Waals surface area contributed by atoms with Crippen LogP contribution in [0.15, 0.2) is 24.3 Å². The molecule has 0 atom stereocenters. The first-order valence-electron chi connectivity index (χ1n) is 9.39. The lowest BCUT2D eigenvalue weighted by Crippen LogP contribution is -2.51. The van der Waals surface area contributed by atoms with Gasteiger partial charge in [0.1, 0.15) is 5.75 Å². The van der Waals surface area contributed by atoms with E-state index in [9.17, 15) is 5.11 Å². The minimum absolute atomic E-state index is 0. The first kappa shape index (κ1) is 20.5. The van der Waals surface area contributed by atoms with Crippen LogP contribution in [0.5, 0.6) is 5.75 Å². The molecule has 0 amide bonds. The van der Waals surface area contributed by atoms with Gasteiger partial charge in [-0.3, -0.25) is 4.90 Å². The molecule has 1 aromatic rings. The van der Waals surface area contributed by atoms with Crippen molar-refractivity contribution in [3.05, 3.63) is 29.8 Å². The van der Waals surface area contributed by atoms with Gasteiger partial charge >= 0.3 is 0 Å².